The first-order valence-corrected chi connectivity index (χ1v) is 8.59. The quantitative estimate of drug-likeness (QED) is 0.570. The minimum Gasteiger partial charge on any atom is -0.341 e. The van der Waals surface area contributed by atoms with Gasteiger partial charge in [-0.3, -0.25) is 4.55 Å². The maximum Gasteiger partial charge on any atom is 0.294 e. The fourth-order valence-corrected chi connectivity index (χ4v) is 3.23. The minimum absolute atomic E-state index is 0.149. The lowest BCUT2D eigenvalue weighted by atomic mass is 10.3. The molecule has 108 valence electrons. The molecule has 7 heteroatoms. The Morgan fingerprint density at radius 1 is 1.14 bits per heavy atom. The molecule has 0 aliphatic heterocycles. The Bertz CT molecular complexity index is 874. The molecule has 2 aromatic carbocycles. The third-order valence-corrected chi connectivity index (χ3v) is 4.79. The van der Waals surface area contributed by atoms with Crippen molar-refractivity contribution in [2.24, 2.45) is 0 Å². The number of imidazole rings is 1. The number of fused-ring (bicyclic) bond motifs is 1. The summed E-state index contributed by atoms with van der Waals surface area (Å²) in [5, 5.41) is 0. The molecule has 5 nitrogen and oxygen atoms in total. The van der Waals surface area contributed by atoms with E-state index >= 15 is 0 Å². The third-order valence-electron chi connectivity index (χ3n) is 2.92. The van der Waals surface area contributed by atoms with Crippen LogP contribution in [0.15, 0.2) is 58.3 Å². The molecule has 0 spiro atoms. The number of H-pyrrole nitrogens is 1. The van der Waals surface area contributed by atoms with Gasteiger partial charge in [0.1, 0.15) is 5.82 Å². The first kappa shape index (κ1) is 14.1. The van der Waals surface area contributed by atoms with E-state index in [1.54, 1.807) is 17.8 Å². The summed E-state index contributed by atoms with van der Waals surface area (Å²) in [5.41, 5.74) is 1.26. The lowest BCUT2D eigenvalue weighted by Crippen LogP contribution is -1.97. The number of thioether (sulfide) groups is 1. The molecule has 0 radical (unpaired) electrons. The Labute approximate surface area is 126 Å². The van der Waals surface area contributed by atoms with Gasteiger partial charge in [0.25, 0.3) is 10.1 Å². The highest BCUT2D eigenvalue weighted by Crippen LogP contribution is 2.23. The van der Waals surface area contributed by atoms with Crippen LogP contribution in [0.5, 0.6) is 0 Å². The van der Waals surface area contributed by atoms with Crippen molar-refractivity contribution in [1.82, 2.24) is 9.97 Å². The Hall–Kier alpha value is -1.83. The molecule has 0 fully saturated rings. The van der Waals surface area contributed by atoms with Crippen LogP contribution in [-0.4, -0.2) is 22.9 Å². The van der Waals surface area contributed by atoms with Crippen LogP contribution in [0.4, 0.5) is 0 Å². The summed E-state index contributed by atoms with van der Waals surface area (Å²) in [6.45, 7) is 0. The highest BCUT2D eigenvalue weighted by atomic mass is 32.2. The van der Waals surface area contributed by atoms with Crippen LogP contribution < -0.4 is 0 Å². The number of hydrogen-bond acceptors (Lipinski definition) is 4. The molecule has 0 saturated heterocycles. The number of rotatable bonds is 4. The maximum absolute atomic E-state index is 11.1. The summed E-state index contributed by atoms with van der Waals surface area (Å²) in [4.78, 5) is 8.47. The van der Waals surface area contributed by atoms with Crippen LogP contribution in [0.25, 0.3) is 11.0 Å². The maximum atomic E-state index is 11.1. The van der Waals surface area contributed by atoms with Crippen molar-refractivity contribution in [3.63, 3.8) is 0 Å². The zero-order chi connectivity index (χ0) is 14.9. The molecule has 1 aromatic heterocycles. The van der Waals surface area contributed by atoms with Crippen molar-refractivity contribution in [3.05, 3.63) is 54.4 Å². The van der Waals surface area contributed by atoms with Crippen molar-refractivity contribution in [2.75, 3.05) is 0 Å². The lowest BCUT2D eigenvalue weighted by molar-refractivity contribution is 0.483. The molecule has 0 bridgehead atoms. The number of nitrogens with one attached hydrogen (secondary N) is 1. The number of aromatic amines is 1. The number of benzene rings is 2. The van der Waals surface area contributed by atoms with Crippen molar-refractivity contribution >= 4 is 32.9 Å². The van der Waals surface area contributed by atoms with Gasteiger partial charge < -0.3 is 4.98 Å². The monoisotopic (exact) mass is 320 g/mol. The standard InChI is InChI=1S/C14H12N2O3S2/c17-21(18,19)11-6-7-12-13(8-11)16-14(15-12)9-20-10-4-2-1-3-5-10/h1-8H,9H2,(H,15,16)(H,17,18,19). The van der Waals surface area contributed by atoms with E-state index in [4.69, 9.17) is 4.55 Å². The fourth-order valence-electron chi connectivity index (χ4n) is 1.94. The van der Waals surface area contributed by atoms with Gasteiger partial charge in [-0.25, -0.2) is 4.98 Å². The normalized spacial score (nSPS) is 11.9. The topological polar surface area (TPSA) is 83.0 Å². The first-order valence-electron chi connectivity index (χ1n) is 6.16. The van der Waals surface area contributed by atoms with Crippen LogP contribution in [-0.2, 0) is 15.9 Å². The van der Waals surface area contributed by atoms with Crippen molar-refractivity contribution in [1.29, 1.82) is 0 Å². The molecule has 3 aromatic rings. The Kier molecular flexibility index (Phi) is 3.71. The molecule has 21 heavy (non-hydrogen) atoms. The predicted octanol–water partition coefficient (Wildman–Crippen LogP) is 3.10. The summed E-state index contributed by atoms with van der Waals surface area (Å²) in [6.07, 6.45) is 0. The van der Waals surface area contributed by atoms with Gasteiger partial charge >= 0.3 is 0 Å². The van der Waals surface area contributed by atoms with E-state index in [0.717, 1.165) is 16.2 Å². The predicted molar refractivity (Wildman–Crippen MR) is 81.9 cm³/mol. The second kappa shape index (κ2) is 5.51. The van der Waals surface area contributed by atoms with Gasteiger partial charge in [0.2, 0.25) is 0 Å². The Balaban J connectivity index is 1.84. The highest BCUT2D eigenvalue weighted by molar-refractivity contribution is 7.98. The van der Waals surface area contributed by atoms with Gasteiger partial charge in [-0.05, 0) is 30.3 Å². The summed E-state index contributed by atoms with van der Waals surface area (Å²) in [7, 11) is -4.20. The zero-order valence-corrected chi connectivity index (χ0v) is 12.5. The van der Waals surface area contributed by atoms with Gasteiger partial charge in [0, 0.05) is 4.90 Å². The summed E-state index contributed by atoms with van der Waals surface area (Å²) >= 11 is 1.64. The van der Waals surface area contributed by atoms with E-state index in [1.165, 1.54) is 12.1 Å². The van der Waals surface area contributed by atoms with Gasteiger partial charge in [-0.2, -0.15) is 8.42 Å². The molecule has 0 unspecified atom stereocenters. The molecular formula is C14H12N2O3S2. The van der Waals surface area contributed by atoms with E-state index in [-0.39, 0.29) is 4.90 Å². The van der Waals surface area contributed by atoms with Gasteiger partial charge in [-0.15, -0.1) is 11.8 Å². The van der Waals surface area contributed by atoms with Gasteiger partial charge in [-0.1, -0.05) is 18.2 Å². The average Bonchev–Trinajstić information content (AvgIpc) is 2.87. The SMILES string of the molecule is O=S(=O)(O)c1ccc2[nH]c(CSc3ccccc3)nc2c1. The molecule has 0 aliphatic carbocycles. The fraction of sp³-hybridized carbons (Fsp3) is 0.0714. The van der Waals surface area contributed by atoms with Crippen molar-refractivity contribution in [2.45, 2.75) is 15.5 Å². The van der Waals surface area contributed by atoms with E-state index in [1.807, 2.05) is 30.3 Å². The van der Waals surface area contributed by atoms with E-state index in [2.05, 4.69) is 9.97 Å². The van der Waals surface area contributed by atoms with Crippen molar-refractivity contribution in [3.8, 4) is 0 Å². The second-order valence-corrected chi connectivity index (χ2v) is 6.91. The second-order valence-electron chi connectivity index (χ2n) is 4.44. The summed E-state index contributed by atoms with van der Waals surface area (Å²) < 4.78 is 31.3. The molecule has 3 rings (SSSR count). The van der Waals surface area contributed by atoms with E-state index in [9.17, 15) is 8.42 Å². The Morgan fingerprint density at radius 3 is 2.62 bits per heavy atom. The molecule has 0 atom stereocenters. The summed E-state index contributed by atoms with van der Waals surface area (Å²) in [5.74, 6) is 1.41. The number of nitrogens with zero attached hydrogens (tertiary/aromatic N) is 1. The van der Waals surface area contributed by atoms with Crippen LogP contribution in [0.1, 0.15) is 5.82 Å². The number of hydrogen-bond donors (Lipinski definition) is 2. The summed E-state index contributed by atoms with van der Waals surface area (Å²) in [6, 6.07) is 14.2. The van der Waals surface area contributed by atoms with Gasteiger partial charge in [0.15, 0.2) is 0 Å². The molecule has 0 amide bonds. The highest BCUT2D eigenvalue weighted by Gasteiger charge is 2.12. The van der Waals surface area contributed by atoms with E-state index in [0.29, 0.717) is 11.3 Å². The smallest absolute Gasteiger partial charge is 0.294 e. The zero-order valence-electron chi connectivity index (χ0n) is 10.9. The molecule has 1 heterocycles. The first-order chi connectivity index (χ1) is 10.0. The molecule has 0 saturated carbocycles. The van der Waals surface area contributed by atoms with Crippen LogP contribution in [0.3, 0.4) is 0 Å². The Morgan fingerprint density at radius 2 is 1.90 bits per heavy atom. The lowest BCUT2D eigenvalue weighted by Gasteiger charge is -1.97. The minimum atomic E-state index is -4.20. The molecule has 2 N–H and O–H groups in total. The van der Waals surface area contributed by atoms with Gasteiger partial charge in [0.05, 0.1) is 21.7 Å². The van der Waals surface area contributed by atoms with Crippen LogP contribution in [0.2, 0.25) is 0 Å². The number of aromatic nitrogens is 2. The van der Waals surface area contributed by atoms with Crippen molar-refractivity contribution < 1.29 is 13.0 Å². The third kappa shape index (κ3) is 3.26. The average molecular weight is 320 g/mol. The largest absolute Gasteiger partial charge is 0.341 e. The van der Waals surface area contributed by atoms with Crippen LogP contribution in [0, 0.1) is 0 Å². The van der Waals surface area contributed by atoms with Crippen LogP contribution >= 0.6 is 11.8 Å². The van der Waals surface area contributed by atoms with E-state index < -0.39 is 10.1 Å². The molecular weight excluding hydrogens is 308 g/mol. The molecule has 0 aliphatic rings.